The third kappa shape index (κ3) is 3.61. The third-order valence-corrected chi connectivity index (χ3v) is 7.58. The lowest BCUT2D eigenvalue weighted by molar-refractivity contribution is 0.180. The maximum Gasteiger partial charge on any atom is 0.244 e. The van der Waals surface area contributed by atoms with Crippen molar-refractivity contribution in [1.82, 2.24) is 9.21 Å². The number of sulfonamides is 1. The van der Waals surface area contributed by atoms with Gasteiger partial charge in [0.2, 0.25) is 10.0 Å². The Morgan fingerprint density at radius 3 is 2.32 bits per heavy atom. The predicted molar refractivity (Wildman–Crippen MR) is 111 cm³/mol. The molecule has 1 saturated heterocycles. The number of phenolic OH excluding ortho intramolecular Hbond substituents is 1. The number of rotatable bonds is 4. The minimum absolute atomic E-state index is 0.150. The van der Waals surface area contributed by atoms with Crippen LogP contribution in [0.4, 0.5) is 0 Å². The number of hydrogen-bond donors (Lipinski definition) is 1. The maximum atomic E-state index is 12.9. The van der Waals surface area contributed by atoms with E-state index in [1.54, 1.807) is 24.3 Å². The van der Waals surface area contributed by atoms with E-state index in [2.05, 4.69) is 4.90 Å². The lowest BCUT2D eigenvalue weighted by atomic mass is 10.0. The van der Waals surface area contributed by atoms with E-state index >= 15 is 0 Å². The van der Waals surface area contributed by atoms with Gasteiger partial charge in [-0.05, 0) is 29.0 Å². The number of halogens is 1. The number of piperazine rings is 1. The Labute approximate surface area is 169 Å². The fourth-order valence-corrected chi connectivity index (χ4v) is 5.55. The van der Waals surface area contributed by atoms with Crippen LogP contribution in [-0.4, -0.2) is 48.9 Å². The lowest BCUT2D eigenvalue weighted by Crippen LogP contribution is -2.48. The first-order valence-electron chi connectivity index (χ1n) is 9.13. The van der Waals surface area contributed by atoms with E-state index < -0.39 is 10.0 Å². The van der Waals surface area contributed by atoms with Gasteiger partial charge in [-0.15, -0.1) is 0 Å². The Kier molecular flexibility index (Phi) is 5.29. The van der Waals surface area contributed by atoms with Gasteiger partial charge >= 0.3 is 0 Å². The average Bonchev–Trinajstić information content (AvgIpc) is 2.71. The van der Waals surface area contributed by atoms with Crippen LogP contribution < -0.4 is 0 Å². The number of phenols is 1. The van der Waals surface area contributed by atoms with Crippen LogP contribution in [0, 0.1) is 0 Å². The summed E-state index contributed by atoms with van der Waals surface area (Å²) in [6.07, 6.45) is 0. The quantitative estimate of drug-likeness (QED) is 0.704. The monoisotopic (exact) mass is 416 g/mol. The van der Waals surface area contributed by atoms with Gasteiger partial charge in [-0.3, -0.25) is 4.90 Å². The van der Waals surface area contributed by atoms with Gasteiger partial charge in [0, 0.05) is 38.3 Å². The predicted octanol–water partition coefficient (Wildman–Crippen LogP) is 3.71. The van der Waals surface area contributed by atoms with Crippen LogP contribution in [0.3, 0.4) is 0 Å². The summed E-state index contributed by atoms with van der Waals surface area (Å²) in [6, 6.07) is 18.1. The van der Waals surface area contributed by atoms with E-state index in [9.17, 15) is 13.5 Å². The molecule has 4 rings (SSSR count). The van der Waals surface area contributed by atoms with E-state index in [4.69, 9.17) is 11.6 Å². The molecule has 28 heavy (non-hydrogen) atoms. The van der Waals surface area contributed by atoms with Crippen molar-refractivity contribution in [3.63, 3.8) is 0 Å². The van der Waals surface area contributed by atoms with Crippen LogP contribution >= 0.6 is 11.6 Å². The van der Waals surface area contributed by atoms with E-state index in [1.807, 2.05) is 30.3 Å². The van der Waals surface area contributed by atoms with Gasteiger partial charge in [-0.2, -0.15) is 4.31 Å². The summed E-state index contributed by atoms with van der Waals surface area (Å²) in [7, 11) is -3.61. The zero-order valence-electron chi connectivity index (χ0n) is 15.3. The fraction of sp³-hybridized carbons (Fsp3) is 0.238. The first-order valence-corrected chi connectivity index (χ1v) is 11.0. The molecule has 1 heterocycles. The highest BCUT2D eigenvalue weighted by molar-refractivity contribution is 7.89. The third-order valence-electron chi connectivity index (χ3n) is 5.18. The van der Waals surface area contributed by atoms with Crippen molar-refractivity contribution < 1.29 is 13.5 Å². The first-order chi connectivity index (χ1) is 13.5. The summed E-state index contributed by atoms with van der Waals surface area (Å²) in [5.41, 5.74) is 0.875. The van der Waals surface area contributed by atoms with E-state index in [1.165, 1.54) is 10.4 Å². The van der Waals surface area contributed by atoms with Crippen molar-refractivity contribution in [3.8, 4) is 5.75 Å². The molecule has 3 aromatic carbocycles. The molecule has 0 bridgehead atoms. The normalized spacial score (nSPS) is 16.5. The van der Waals surface area contributed by atoms with Crippen LogP contribution in [0.25, 0.3) is 10.8 Å². The fourth-order valence-electron chi connectivity index (χ4n) is 3.64. The van der Waals surface area contributed by atoms with E-state index in [0.29, 0.717) is 32.7 Å². The first kappa shape index (κ1) is 19.2. The minimum atomic E-state index is -3.61. The second kappa shape index (κ2) is 7.72. The van der Waals surface area contributed by atoms with Gasteiger partial charge in [0.05, 0.1) is 5.02 Å². The molecule has 5 nitrogen and oxygen atoms in total. The highest BCUT2D eigenvalue weighted by Gasteiger charge is 2.30. The second-order valence-electron chi connectivity index (χ2n) is 6.90. The molecule has 0 saturated carbocycles. The molecule has 0 spiro atoms. The highest BCUT2D eigenvalue weighted by Crippen LogP contribution is 2.29. The molecule has 7 heteroatoms. The summed E-state index contributed by atoms with van der Waals surface area (Å²) in [6.45, 7) is 2.53. The molecule has 3 aromatic rings. The molecule has 146 valence electrons. The van der Waals surface area contributed by atoms with Gasteiger partial charge in [0.25, 0.3) is 0 Å². The summed E-state index contributed by atoms with van der Waals surface area (Å²) in [5.74, 6) is 0.268. The van der Waals surface area contributed by atoms with E-state index in [-0.39, 0.29) is 15.7 Å². The van der Waals surface area contributed by atoms with Crippen LogP contribution in [0.1, 0.15) is 5.56 Å². The van der Waals surface area contributed by atoms with Crippen LogP contribution in [0.2, 0.25) is 5.02 Å². The Balaban J connectivity index is 1.50. The smallest absolute Gasteiger partial charge is 0.244 e. The zero-order chi connectivity index (χ0) is 19.7. The van der Waals surface area contributed by atoms with Crippen LogP contribution in [0.15, 0.2) is 65.6 Å². The molecule has 0 amide bonds. The molecule has 1 N–H and O–H groups in total. The van der Waals surface area contributed by atoms with Crippen molar-refractivity contribution in [3.05, 3.63) is 71.2 Å². The van der Waals surface area contributed by atoms with Crippen molar-refractivity contribution in [2.24, 2.45) is 0 Å². The molecule has 1 aliphatic rings. The van der Waals surface area contributed by atoms with Crippen molar-refractivity contribution in [2.45, 2.75) is 11.4 Å². The van der Waals surface area contributed by atoms with Crippen molar-refractivity contribution >= 4 is 32.4 Å². The molecule has 0 unspecified atom stereocenters. The Morgan fingerprint density at radius 2 is 1.57 bits per heavy atom. The summed E-state index contributed by atoms with van der Waals surface area (Å²) < 4.78 is 27.2. The number of fused-ring (bicyclic) bond motifs is 1. The zero-order valence-corrected chi connectivity index (χ0v) is 16.8. The minimum Gasteiger partial charge on any atom is -0.508 e. The van der Waals surface area contributed by atoms with Crippen molar-refractivity contribution in [1.29, 1.82) is 0 Å². The largest absolute Gasteiger partial charge is 0.508 e. The van der Waals surface area contributed by atoms with Gasteiger partial charge in [0.15, 0.2) is 0 Å². The topological polar surface area (TPSA) is 60.9 Å². The van der Waals surface area contributed by atoms with Gasteiger partial charge < -0.3 is 5.11 Å². The Morgan fingerprint density at radius 1 is 0.893 bits per heavy atom. The molecule has 0 aliphatic carbocycles. The number of hydrogen-bond acceptors (Lipinski definition) is 4. The number of aromatic hydroxyl groups is 1. The lowest BCUT2D eigenvalue weighted by Gasteiger charge is -2.34. The number of benzene rings is 3. The SMILES string of the molecule is O=S(=O)(c1ccccc1Cl)N1CCN(Cc2c(O)ccc3ccccc23)CC1. The van der Waals surface area contributed by atoms with Crippen LogP contribution in [0.5, 0.6) is 5.75 Å². The molecule has 0 atom stereocenters. The summed E-state index contributed by atoms with van der Waals surface area (Å²) >= 11 is 6.09. The highest BCUT2D eigenvalue weighted by atomic mass is 35.5. The van der Waals surface area contributed by atoms with E-state index in [0.717, 1.165) is 16.3 Å². The van der Waals surface area contributed by atoms with Gasteiger partial charge in [-0.25, -0.2) is 8.42 Å². The molecule has 0 radical (unpaired) electrons. The molecular weight excluding hydrogens is 396 g/mol. The molecule has 1 aliphatic heterocycles. The number of nitrogens with zero attached hydrogens (tertiary/aromatic N) is 2. The maximum absolute atomic E-state index is 12.9. The Bertz CT molecular complexity index is 1110. The summed E-state index contributed by atoms with van der Waals surface area (Å²) in [4.78, 5) is 2.32. The standard InChI is InChI=1S/C21H21ClN2O3S/c22-19-7-3-4-8-21(19)28(26,27)24-13-11-23(12-14-24)15-18-17-6-2-1-5-16(17)9-10-20(18)25/h1-10,25H,11-15H2. The van der Waals surface area contributed by atoms with Gasteiger partial charge in [0.1, 0.15) is 10.6 Å². The van der Waals surface area contributed by atoms with Crippen LogP contribution in [-0.2, 0) is 16.6 Å². The molecule has 0 aromatic heterocycles. The van der Waals surface area contributed by atoms with Crippen molar-refractivity contribution in [2.75, 3.05) is 26.2 Å². The molecule has 1 fully saturated rings. The average molecular weight is 417 g/mol. The molecular formula is C21H21ClN2O3S. The van der Waals surface area contributed by atoms with Gasteiger partial charge in [-0.1, -0.05) is 54.1 Å². The Hall–Kier alpha value is -2.12. The second-order valence-corrected chi connectivity index (χ2v) is 9.21. The summed E-state index contributed by atoms with van der Waals surface area (Å²) in [5, 5.41) is 12.7.